The fourth-order valence-corrected chi connectivity index (χ4v) is 2.57. The Hall–Kier alpha value is -1.51. The second-order valence-corrected chi connectivity index (χ2v) is 6.41. The van der Waals surface area contributed by atoms with Crippen LogP contribution in [0.15, 0.2) is 29.2 Å². The number of benzene rings is 1. The van der Waals surface area contributed by atoms with Crippen molar-refractivity contribution in [3.63, 3.8) is 0 Å². The number of amides is 1. The number of nitrogens with zero attached hydrogens (tertiary/aromatic N) is 1. The number of aliphatic hydroxyl groups excluding tert-OH is 1. The molecule has 8 heteroatoms. The highest BCUT2D eigenvalue weighted by Crippen LogP contribution is 2.14. The molecule has 1 aromatic carbocycles. The molecule has 0 fully saturated rings. The molecule has 2 N–H and O–H groups in total. The summed E-state index contributed by atoms with van der Waals surface area (Å²) in [4.78, 5) is 11.5. The molecule has 1 amide bonds. The lowest BCUT2D eigenvalue weighted by atomic mass is 10.3. The standard InChI is InChI=1S/C12H17FN2O4S/c1-9(8-16)14-12(17)7-15(2)20(18,19)11-5-3-10(13)4-6-11/h3-6,9,16H,7-8H2,1-2H3,(H,14,17). The molecular weight excluding hydrogens is 287 g/mol. The summed E-state index contributed by atoms with van der Waals surface area (Å²) in [5, 5.41) is 11.2. The van der Waals surface area contributed by atoms with Gasteiger partial charge in [-0.3, -0.25) is 4.79 Å². The van der Waals surface area contributed by atoms with Gasteiger partial charge in [0.15, 0.2) is 0 Å². The van der Waals surface area contributed by atoms with E-state index in [0.717, 1.165) is 28.6 Å². The molecule has 0 aliphatic carbocycles. The summed E-state index contributed by atoms with van der Waals surface area (Å²) in [6, 6.07) is 3.89. The summed E-state index contributed by atoms with van der Waals surface area (Å²) in [5.41, 5.74) is 0. The highest BCUT2D eigenvalue weighted by molar-refractivity contribution is 7.89. The Morgan fingerprint density at radius 1 is 1.40 bits per heavy atom. The van der Waals surface area contributed by atoms with Crippen molar-refractivity contribution < 1.29 is 22.7 Å². The minimum absolute atomic E-state index is 0.0931. The smallest absolute Gasteiger partial charge is 0.243 e. The third kappa shape index (κ3) is 4.26. The predicted octanol–water partition coefficient (Wildman–Crippen LogP) is -0.0568. The number of nitrogens with one attached hydrogen (secondary N) is 1. The molecule has 1 unspecified atom stereocenters. The first-order chi connectivity index (χ1) is 9.27. The van der Waals surface area contributed by atoms with E-state index in [0.29, 0.717) is 0 Å². The van der Waals surface area contributed by atoms with Crippen LogP contribution in [-0.4, -0.2) is 50.0 Å². The van der Waals surface area contributed by atoms with E-state index in [4.69, 9.17) is 5.11 Å². The number of sulfonamides is 1. The Kier molecular flexibility index (Phi) is 5.61. The topological polar surface area (TPSA) is 86.7 Å². The Labute approximate surface area is 117 Å². The zero-order valence-corrected chi connectivity index (χ0v) is 12.0. The molecule has 0 saturated heterocycles. The van der Waals surface area contributed by atoms with E-state index in [1.54, 1.807) is 6.92 Å². The maximum Gasteiger partial charge on any atom is 0.243 e. The number of likely N-dealkylation sites (N-methyl/N-ethyl adjacent to an activating group) is 1. The first-order valence-electron chi connectivity index (χ1n) is 5.89. The Bertz CT molecular complexity index is 559. The number of rotatable bonds is 6. The van der Waals surface area contributed by atoms with Crippen LogP contribution in [0.4, 0.5) is 4.39 Å². The Morgan fingerprint density at radius 3 is 2.45 bits per heavy atom. The molecule has 0 spiro atoms. The van der Waals surface area contributed by atoms with E-state index in [1.165, 1.54) is 7.05 Å². The Balaban J connectivity index is 2.77. The molecule has 112 valence electrons. The van der Waals surface area contributed by atoms with Gasteiger partial charge in [0.1, 0.15) is 5.82 Å². The molecule has 20 heavy (non-hydrogen) atoms. The van der Waals surface area contributed by atoms with Gasteiger partial charge in [-0.2, -0.15) is 4.31 Å². The summed E-state index contributed by atoms with van der Waals surface area (Å²) in [5.74, 6) is -1.07. The lowest BCUT2D eigenvalue weighted by molar-refractivity contribution is -0.122. The normalized spacial score (nSPS) is 13.2. The third-order valence-corrected chi connectivity index (χ3v) is 4.39. The third-order valence-electron chi connectivity index (χ3n) is 2.57. The molecule has 0 bridgehead atoms. The molecular formula is C12H17FN2O4S. The predicted molar refractivity (Wildman–Crippen MR) is 70.9 cm³/mol. The quantitative estimate of drug-likeness (QED) is 0.771. The zero-order chi connectivity index (χ0) is 15.3. The van der Waals surface area contributed by atoms with Crippen molar-refractivity contribution in [1.29, 1.82) is 0 Å². The molecule has 0 aliphatic heterocycles. The average molecular weight is 304 g/mol. The molecule has 0 heterocycles. The van der Waals surface area contributed by atoms with E-state index < -0.39 is 27.8 Å². The summed E-state index contributed by atoms with van der Waals surface area (Å²) in [6.07, 6.45) is 0. The van der Waals surface area contributed by atoms with Crippen LogP contribution in [0.1, 0.15) is 6.92 Å². The number of hydrogen-bond donors (Lipinski definition) is 2. The van der Waals surface area contributed by atoms with Gasteiger partial charge >= 0.3 is 0 Å². The molecule has 0 saturated carbocycles. The van der Waals surface area contributed by atoms with E-state index >= 15 is 0 Å². The van der Waals surface area contributed by atoms with Crippen molar-refractivity contribution in [1.82, 2.24) is 9.62 Å². The number of carbonyl (C=O) groups is 1. The lowest BCUT2D eigenvalue weighted by Gasteiger charge is -2.18. The molecule has 0 aliphatic rings. The van der Waals surface area contributed by atoms with Gasteiger partial charge in [-0.1, -0.05) is 0 Å². The minimum atomic E-state index is -3.85. The second kappa shape index (κ2) is 6.78. The van der Waals surface area contributed by atoms with Gasteiger partial charge in [-0.15, -0.1) is 0 Å². The average Bonchev–Trinajstić information content (AvgIpc) is 2.38. The number of aliphatic hydroxyl groups is 1. The van der Waals surface area contributed by atoms with Crippen molar-refractivity contribution in [2.75, 3.05) is 20.2 Å². The number of hydrogen-bond acceptors (Lipinski definition) is 4. The molecule has 1 aromatic rings. The first kappa shape index (κ1) is 16.5. The monoisotopic (exact) mass is 304 g/mol. The summed E-state index contributed by atoms with van der Waals surface area (Å²) < 4.78 is 37.8. The first-order valence-corrected chi connectivity index (χ1v) is 7.33. The van der Waals surface area contributed by atoms with Gasteiger partial charge in [0.25, 0.3) is 0 Å². The zero-order valence-electron chi connectivity index (χ0n) is 11.2. The lowest BCUT2D eigenvalue weighted by Crippen LogP contribution is -2.42. The summed E-state index contributed by atoms with van der Waals surface area (Å²) in [6.45, 7) is 0.969. The van der Waals surface area contributed by atoms with E-state index in [-0.39, 0.29) is 18.0 Å². The van der Waals surface area contributed by atoms with E-state index in [9.17, 15) is 17.6 Å². The van der Waals surface area contributed by atoms with Crippen LogP contribution < -0.4 is 5.32 Å². The highest BCUT2D eigenvalue weighted by Gasteiger charge is 2.23. The van der Waals surface area contributed by atoms with Crippen LogP contribution in [0.5, 0.6) is 0 Å². The van der Waals surface area contributed by atoms with Crippen LogP contribution in [0.3, 0.4) is 0 Å². The largest absolute Gasteiger partial charge is 0.394 e. The van der Waals surface area contributed by atoms with Crippen LogP contribution in [0, 0.1) is 5.82 Å². The minimum Gasteiger partial charge on any atom is -0.394 e. The van der Waals surface area contributed by atoms with Gasteiger partial charge < -0.3 is 10.4 Å². The fraction of sp³-hybridized carbons (Fsp3) is 0.417. The van der Waals surface area contributed by atoms with Crippen LogP contribution in [0.25, 0.3) is 0 Å². The van der Waals surface area contributed by atoms with E-state index in [1.807, 2.05) is 0 Å². The van der Waals surface area contributed by atoms with Gasteiger partial charge in [-0.05, 0) is 31.2 Å². The van der Waals surface area contributed by atoms with Crippen molar-refractivity contribution in [2.24, 2.45) is 0 Å². The maximum atomic E-state index is 12.8. The summed E-state index contributed by atoms with van der Waals surface area (Å²) in [7, 11) is -2.60. The van der Waals surface area contributed by atoms with Crippen molar-refractivity contribution in [3.05, 3.63) is 30.1 Å². The van der Waals surface area contributed by atoms with Gasteiger partial charge in [-0.25, -0.2) is 12.8 Å². The molecule has 6 nitrogen and oxygen atoms in total. The van der Waals surface area contributed by atoms with E-state index in [2.05, 4.69) is 5.32 Å². The SMILES string of the molecule is CC(CO)NC(=O)CN(C)S(=O)(=O)c1ccc(F)cc1. The van der Waals surface area contributed by atoms with Gasteiger partial charge in [0, 0.05) is 13.1 Å². The molecule has 1 rings (SSSR count). The maximum absolute atomic E-state index is 12.8. The van der Waals surface area contributed by atoms with Gasteiger partial charge in [0.05, 0.1) is 18.0 Å². The Morgan fingerprint density at radius 2 is 1.95 bits per heavy atom. The number of halogens is 1. The second-order valence-electron chi connectivity index (χ2n) is 4.37. The molecule has 0 radical (unpaired) electrons. The van der Waals surface area contributed by atoms with Crippen molar-refractivity contribution >= 4 is 15.9 Å². The molecule has 0 aromatic heterocycles. The fourth-order valence-electron chi connectivity index (χ4n) is 1.44. The van der Waals surface area contributed by atoms with Crippen molar-refractivity contribution in [3.8, 4) is 0 Å². The molecule has 1 atom stereocenters. The van der Waals surface area contributed by atoms with Crippen LogP contribution in [-0.2, 0) is 14.8 Å². The van der Waals surface area contributed by atoms with Crippen molar-refractivity contribution in [2.45, 2.75) is 17.9 Å². The van der Waals surface area contributed by atoms with Gasteiger partial charge in [0.2, 0.25) is 15.9 Å². The van der Waals surface area contributed by atoms with Crippen LogP contribution >= 0.6 is 0 Å². The summed E-state index contributed by atoms with van der Waals surface area (Å²) >= 11 is 0. The highest BCUT2D eigenvalue weighted by atomic mass is 32.2. The van der Waals surface area contributed by atoms with Crippen LogP contribution in [0.2, 0.25) is 0 Å². The number of carbonyl (C=O) groups excluding carboxylic acids is 1.